The molecular weight excluding hydrogens is 382 g/mol. The maximum atomic E-state index is 11.9. The van der Waals surface area contributed by atoms with E-state index in [0.717, 1.165) is 17.2 Å². The molecule has 0 radical (unpaired) electrons. The van der Waals surface area contributed by atoms with Gasteiger partial charge in [0.1, 0.15) is 5.75 Å². The second kappa shape index (κ2) is 9.83. The lowest BCUT2D eigenvalue weighted by molar-refractivity contribution is -0.384. The number of nitro benzene ring substituents is 1. The van der Waals surface area contributed by atoms with E-state index in [4.69, 9.17) is 9.47 Å². The summed E-state index contributed by atoms with van der Waals surface area (Å²) in [6, 6.07) is 10.5. The third-order valence-electron chi connectivity index (χ3n) is 3.55. The van der Waals surface area contributed by atoms with Crippen LogP contribution in [-0.2, 0) is 14.3 Å². The standard InChI is InChI=1S/C19H19N3O7/c1-12-6-13(2)8-16(7-12)28-11-18(24)29-10-17(23)20-21-19(25)14-4-3-5-15(9-14)22(26)27/h3-9H,10-11H2,1-2H3,(H,20,23)(H,21,25). The van der Waals surface area contributed by atoms with E-state index in [1.54, 1.807) is 12.1 Å². The number of nitrogens with zero attached hydrogens (tertiary/aromatic N) is 1. The number of hydrazine groups is 1. The van der Waals surface area contributed by atoms with Crippen LogP contribution in [-0.4, -0.2) is 35.9 Å². The summed E-state index contributed by atoms with van der Waals surface area (Å²) in [4.78, 5) is 45.3. The molecule has 10 nitrogen and oxygen atoms in total. The van der Waals surface area contributed by atoms with E-state index in [-0.39, 0.29) is 17.9 Å². The van der Waals surface area contributed by atoms with Gasteiger partial charge in [0, 0.05) is 17.7 Å². The summed E-state index contributed by atoms with van der Waals surface area (Å²) in [5, 5.41) is 10.7. The van der Waals surface area contributed by atoms with Crippen molar-refractivity contribution in [3.63, 3.8) is 0 Å². The molecule has 0 aliphatic rings. The highest BCUT2D eigenvalue weighted by Gasteiger charge is 2.13. The van der Waals surface area contributed by atoms with Gasteiger partial charge in [0.05, 0.1) is 4.92 Å². The zero-order valence-electron chi connectivity index (χ0n) is 15.8. The number of aryl methyl sites for hydroxylation is 2. The predicted molar refractivity (Wildman–Crippen MR) is 101 cm³/mol. The Morgan fingerprint density at radius 3 is 2.34 bits per heavy atom. The second-order valence-electron chi connectivity index (χ2n) is 6.08. The molecule has 0 saturated heterocycles. The number of nitro groups is 1. The van der Waals surface area contributed by atoms with Gasteiger partial charge in [-0.1, -0.05) is 12.1 Å². The molecule has 2 N–H and O–H groups in total. The fraction of sp³-hybridized carbons (Fsp3) is 0.211. The van der Waals surface area contributed by atoms with Crippen LogP contribution in [0.2, 0.25) is 0 Å². The van der Waals surface area contributed by atoms with E-state index in [1.165, 1.54) is 18.2 Å². The fourth-order valence-corrected chi connectivity index (χ4v) is 2.34. The third kappa shape index (κ3) is 6.94. The van der Waals surface area contributed by atoms with Gasteiger partial charge >= 0.3 is 5.97 Å². The van der Waals surface area contributed by atoms with Crippen molar-refractivity contribution >= 4 is 23.5 Å². The molecule has 10 heteroatoms. The van der Waals surface area contributed by atoms with Crippen LogP contribution in [0.1, 0.15) is 21.5 Å². The number of hydrogen-bond donors (Lipinski definition) is 2. The summed E-state index contributed by atoms with van der Waals surface area (Å²) in [6.45, 7) is 2.77. The number of ether oxygens (including phenoxy) is 2. The molecule has 0 spiro atoms. The molecule has 0 fully saturated rings. The number of nitrogens with one attached hydrogen (secondary N) is 2. The van der Waals surface area contributed by atoms with E-state index >= 15 is 0 Å². The van der Waals surface area contributed by atoms with Crippen LogP contribution in [0.3, 0.4) is 0 Å². The molecule has 0 aliphatic heterocycles. The summed E-state index contributed by atoms with van der Waals surface area (Å²) in [6.07, 6.45) is 0. The number of esters is 1. The summed E-state index contributed by atoms with van der Waals surface area (Å²) in [5.41, 5.74) is 5.80. The van der Waals surface area contributed by atoms with Crippen molar-refractivity contribution in [1.29, 1.82) is 0 Å². The first-order chi connectivity index (χ1) is 13.7. The molecule has 2 amide bonds. The average molecular weight is 401 g/mol. The Hall–Kier alpha value is -3.95. The predicted octanol–water partition coefficient (Wildman–Crippen LogP) is 1.59. The van der Waals surface area contributed by atoms with Crippen LogP contribution in [0.4, 0.5) is 5.69 Å². The molecule has 0 aliphatic carbocycles. The first kappa shape index (κ1) is 21.4. The van der Waals surface area contributed by atoms with Crippen molar-refractivity contribution in [1.82, 2.24) is 10.9 Å². The first-order valence-electron chi connectivity index (χ1n) is 8.45. The number of carbonyl (C=O) groups excluding carboxylic acids is 3. The Morgan fingerprint density at radius 1 is 1.00 bits per heavy atom. The molecule has 0 bridgehead atoms. The topological polar surface area (TPSA) is 137 Å². The lowest BCUT2D eigenvalue weighted by Crippen LogP contribution is -2.43. The van der Waals surface area contributed by atoms with E-state index in [2.05, 4.69) is 5.43 Å². The zero-order valence-corrected chi connectivity index (χ0v) is 15.8. The Balaban J connectivity index is 1.73. The molecule has 0 atom stereocenters. The number of non-ortho nitro benzene ring substituents is 1. The smallest absolute Gasteiger partial charge is 0.344 e. The first-order valence-corrected chi connectivity index (χ1v) is 8.45. The van der Waals surface area contributed by atoms with Gasteiger partial charge in [-0.05, 0) is 43.2 Å². The number of benzene rings is 2. The summed E-state index contributed by atoms with van der Waals surface area (Å²) < 4.78 is 10.1. The van der Waals surface area contributed by atoms with Gasteiger partial charge in [-0.3, -0.25) is 30.6 Å². The molecule has 2 aromatic carbocycles. The van der Waals surface area contributed by atoms with Crippen molar-refractivity contribution in [3.8, 4) is 5.75 Å². The summed E-state index contributed by atoms with van der Waals surface area (Å²) in [5.74, 6) is -1.80. The van der Waals surface area contributed by atoms with E-state index in [9.17, 15) is 24.5 Å². The molecule has 0 unspecified atom stereocenters. The monoisotopic (exact) mass is 401 g/mol. The zero-order chi connectivity index (χ0) is 21.4. The van der Waals surface area contributed by atoms with Gasteiger partial charge in [0.2, 0.25) is 0 Å². The summed E-state index contributed by atoms with van der Waals surface area (Å²) in [7, 11) is 0. The van der Waals surface area contributed by atoms with Crippen LogP contribution in [0.5, 0.6) is 5.75 Å². The Kier molecular flexibility index (Phi) is 7.24. The highest BCUT2D eigenvalue weighted by molar-refractivity contribution is 5.96. The lowest BCUT2D eigenvalue weighted by Gasteiger charge is -2.09. The molecule has 0 heterocycles. The third-order valence-corrected chi connectivity index (χ3v) is 3.55. The maximum absolute atomic E-state index is 11.9. The van der Waals surface area contributed by atoms with Crippen LogP contribution >= 0.6 is 0 Å². The number of amides is 2. The fourth-order valence-electron chi connectivity index (χ4n) is 2.34. The Labute approximate surface area is 165 Å². The Morgan fingerprint density at radius 2 is 1.69 bits per heavy atom. The quantitative estimate of drug-likeness (QED) is 0.408. The van der Waals surface area contributed by atoms with Gasteiger partial charge in [-0.25, -0.2) is 4.79 Å². The number of rotatable bonds is 7. The highest BCUT2D eigenvalue weighted by atomic mass is 16.6. The van der Waals surface area contributed by atoms with Gasteiger partial charge in [-0.15, -0.1) is 0 Å². The molecule has 2 rings (SSSR count). The van der Waals surface area contributed by atoms with Gasteiger partial charge in [0.15, 0.2) is 13.2 Å². The lowest BCUT2D eigenvalue weighted by atomic mass is 10.1. The average Bonchev–Trinajstić information content (AvgIpc) is 2.68. The van der Waals surface area contributed by atoms with Crippen molar-refractivity contribution < 1.29 is 28.8 Å². The van der Waals surface area contributed by atoms with Crippen LogP contribution in [0.25, 0.3) is 0 Å². The SMILES string of the molecule is Cc1cc(C)cc(OCC(=O)OCC(=O)NNC(=O)c2cccc([N+](=O)[O-])c2)c1. The van der Waals surface area contributed by atoms with Gasteiger partial charge < -0.3 is 9.47 Å². The maximum Gasteiger partial charge on any atom is 0.344 e. The van der Waals surface area contributed by atoms with E-state index in [1.807, 2.05) is 25.3 Å². The molecule has 0 aromatic heterocycles. The second-order valence-corrected chi connectivity index (χ2v) is 6.08. The highest BCUT2D eigenvalue weighted by Crippen LogP contribution is 2.16. The van der Waals surface area contributed by atoms with Crippen molar-refractivity contribution in [2.45, 2.75) is 13.8 Å². The molecule has 2 aromatic rings. The number of carbonyl (C=O) groups is 3. The van der Waals surface area contributed by atoms with Crippen LogP contribution < -0.4 is 15.6 Å². The minimum Gasteiger partial charge on any atom is -0.482 e. The molecule has 29 heavy (non-hydrogen) atoms. The van der Waals surface area contributed by atoms with Crippen LogP contribution in [0, 0.1) is 24.0 Å². The van der Waals surface area contributed by atoms with Crippen molar-refractivity contribution in [3.05, 3.63) is 69.3 Å². The minimum absolute atomic E-state index is 0.0154. The van der Waals surface area contributed by atoms with Crippen LogP contribution in [0.15, 0.2) is 42.5 Å². The van der Waals surface area contributed by atoms with Crippen molar-refractivity contribution in [2.24, 2.45) is 0 Å². The largest absolute Gasteiger partial charge is 0.482 e. The number of hydrogen-bond acceptors (Lipinski definition) is 7. The minimum atomic E-state index is -0.788. The molecule has 152 valence electrons. The van der Waals surface area contributed by atoms with E-state index in [0.29, 0.717) is 5.75 Å². The normalized spacial score (nSPS) is 10.0. The summed E-state index contributed by atoms with van der Waals surface area (Å²) >= 11 is 0. The van der Waals surface area contributed by atoms with Gasteiger partial charge in [0.25, 0.3) is 17.5 Å². The molecular formula is C19H19N3O7. The van der Waals surface area contributed by atoms with Gasteiger partial charge in [-0.2, -0.15) is 0 Å². The molecule has 0 saturated carbocycles. The van der Waals surface area contributed by atoms with E-state index < -0.39 is 29.3 Å². The Bertz CT molecular complexity index is 923. The van der Waals surface area contributed by atoms with Crippen molar-refractivity contribution in [2.75, 3.05) is 13.2 Å².